The summed E-state index contributed by atoms with van der Waals surface area (Å²) >= 11 is 0. The molecule has 22 heavy (non-hydrogen) atoms. The van der Waals surface area contributed by atoms with E-state index in [-0.39, 0.29) is 5.92 Å². The lowest BCUT2D eigenvalue weighted by Gasteiger charge is -2.16. The Morgan fingerprint density at radius 1 is 1.00 bits per heavy atom. The molecule has 0 radical (unpaired) electrons. The van der Waals surface area contributed by atoms with Crippen LogP contribution in [0.4, 0.5) is 4.39 Å². The Morgan fingerprint density at radius 2 is 1.68 bits per heavy atom. The van der Waals surface area contributed by atoms with E-state index >= 15 is 0 Å². The van der Waals surface area contributed by atoms with Crippen molar-refractivity contribution in [2.75, 3.05) is 13.6 Å². The van der Waals surface area contributed by atoms with E-state index in [1.54, 1.807) is 0 Å². The maximum Gasteiger partial charge on any atom is 0.108 e. The van der Waals surface area contributed by atoms with Crippen LogP contribution in [0.25, 0.3) is 0 Å². The largest absolute Gasteiger partial charge is 0.302 e. The van der Waals surface area contributed by atoms with Gasteiger partial charge < -0.3 is 4.90 Å². The van der Waals surface area contributed by atoms with Crippen molar-refractivity contribution < 1.29 is 4.39 Å². The maximum atomic E-state index is 13.0. The van der Waals surface area contributed by atoms with E-state index in [0.29, 0.717) is 6.42 Å². The molecule has 1 nitrogen and oxygen atoms in total. The number of benzene rings is 2. The summed E-state index contributed by atoms with van der Waals surface area (Å²) in [7, 11) is 2.17. The van der Waals surface area contributed by atoms with E-state index in [4.69, 9.17) is 0 Å². The molecule has 1 fully saturated rings. The molecular weight excluding hydrogens is 273 g/mol. The third-order valence-corrected chi connectivity index (χ3v) is 4.42. The molecule has 0 aromatic heterocycles. The van der Waals surface area contributed by atoms with Gasteiger partial charge in [-0.05, 0) is 49.5 Å². The summed E-state index contributed by atoms with van der Waals surface area (Å²) in [5.74, 6) is 0.172. The van der Waals surface area contributed by atoms with Crippen molar-refractivity contribution >= 4 is 0 Å². The molecule has 2 heteroatoms. The second-order valence-electron chi connectivity index (χ2n) is 6.43. The predicted octanol–water partition coefficient (Wildman–Crippen LogP) is 4.58. The topological polar surface area (TPSA) is 3.24 Å². The normalized spacial score (nSPS) is 20.3. The second-order valence-corrected chi connectivity index (χ2v) is 6.43. The predicted molar refractivity (Wildman–Crippen MR) is 89.8 cm³/mol. The van der Waals surface area contributed by atoms with Crippen LogP contribution in [0.3, 0.4) is 0 Å². The van der Waals surface area contributed by atoms with Gasteiger partial charge in [0.05, 0.1) is 0 Å². The molecule has 1 aliphatic carbocycles. The number of halogens is 1. The molecule has 0 N–H and O–H groups in total. The summed E-state index contributed by atoms with van der Waals surface area (Å²) in [4.78, 5) is 2.36. The fourth-order valence-corrected chi connectivity index (χ4v) is 2.97. The lowest BCUT2D eigenvalue weighted by atomic mass is 10.0. The van der Waals surface area contributed by atoms with Gasteiger partial charge in [-0.2, -0.15) is 0 Å². The summed E-state index contributed by atoms with van der Waals surface area (Å²) in [5.41, 5.74) is 3.88. The number of rotatable bonds is 7. The summed E-state index contributed by atoms with van der Waals surface area (Å²) in [6, 6.07) is 19.1. The first kappa shape index (κ1) is 15.2. The number of hydrogen-bond acceptors (Lipinski definition) is 1. The van der Waals surface area contributed by atoms with Crippen LogP contribution >= 0.6 is 0 Å². The van der Waals surface area contributed by atoms with E-state index < -0.39 is 6.17 Å². The first-order chi connectivity index (χ1) is 10.7. The summed E-state index contributed by atoms with van der Waals surface area (Å²) in [5, 5.41) is 0. The molecule has 0 saturated heterocycles. The van der Waals surface area contributed by atoms with Gasteiger partial charge >= 0.3 is 0 Å². The highest BCUT2D eigenvalue weighted by Gasteiger charge is 2.38. The zero-order valence-electron chi connectivity index (χ0n) is 13.2. The molecule has 0 spiro atoms. The minimum absolute atomic E-state index is 0.172. The van der Waals surface area contributed by atoms with E-state index in [1.807, 2.05) is 0 Å². The molecule has 1 aliphatic rings. The molecule has 2 aromatic carbocycles. The molecule has 0 aliphatic heterocycles. The fraction of sp³-hybridized carbons (Fsp3) is 0.400. The van der Waals surface area contributed by atoms with Crippen molar-refractivity contribution in [2.45, 2.75) is 37.9 Å². The van der Waals surface area contributed by atoms with Gasteiger partial charge in [0.25, 0.3) is 0 Å². The summed E-state index contributed by atoms with van der Waals surface area (Å²) in [6.07, 6.45) is 2.35. The number of alkyl halides is 1. The van der Waals surface area contributed by atoms with Gasteiger partial charge in [0.2, 0.25) is 0 Å². The first-order valence-electron chi connectivity index (χ1n) is 8.18. The Labute approximate surface area is 132 Å². The fourth-order valence-electron chi connectivity index (χ4n) is 2.97. The van der Waals surface area contributed by atoms with Crippen LogP contribution in [0, 0.1) is 0 Å². The lowest BCUT2D eigenvalue weighted by molar-refractivity contribution is 0.322. The van der Waals surface area contributed by atoms with Crippen LogP contribution < -0.4 is 0 Å². The van der Waals surface area contributed by atoms with E-state index in [2.05, 4.69) is 66.5 Å². The zero-order chi connectivity index (χ0) is 15.4. The Kier molecular flexibility index (Phi) is 4.89. The minimum atomic E-state index is -0.600. The van der Waals surface area contributed by atoms with Gasteiger partial charge in [-0.15, -0.1) is 0 Å². The van der Waals surface area contributed by atoms with E-state index in [1.165, 1.54) is 11.1 Å². The van der Waals surface area contributed by atoms with Crippen molar-refractivity contribution in [3.8, 4) is 0 Å². The van der Waals surface area contributed by atoms with Crippen LogP contribution in [-0.4, -0.2) is 24.7 Å². The van der Waals surface area contributed by atoms with Crippen molar-refractivity contribution in [2.24, 2.45) is 0 Å². The molecule has 116 valence electrons. The molecule has 0 bridgehead atoms. The minimum Gasteiger partial charge on any atom is -0.302 e. The monoisotopic (exact) mass is 297 g/mol. The Morgan fingerprint density at radius 3 is 2.32 bits per heavy atom. The van der Waals surface area contributed by atoms with Crippen LogP contribution in [0.1, 0.15) is 35.4 Å². The van der Waals surface area contributed by atoms with Gasteiger partial charge in [-0.1, -0.05) is 54.6 Å². The van der Waals surface area contributed by atoms with E-state index in [9.17, 15) is 4.39 Å². The molecule has 0 heterocycles. The Bertz CT molecular complexity index is 578. The molecule has 3 rings (SSSR count). The highest BCUT2D eigenvalue weighted by Crippen LogP contribution is 2.43. The van der Waals surface area contributed by atoms with E-state index in [0.717, 1.165) is 31.5 Å². The zero-order valence-corrected chi connectivity index (χ0v) is 13.2. The molecule has 1 saturated carbocycles. The molecule has 2 unspecified atom stereocenters. The van der Waals surface area contributed by atoms with Crippen LogP contribution in [0.2, 0.25) is 0 Å². The third kappa shape index (κ3) is 4.17. The van der Waals surface area contributed by atoms with Crippen LogP contribution in [0.15, 0.2) is 54.6 Å². The second kappa shape index (κ2) is 7.06. The SMILES string of the molecule is CN(CCCc1ccc(C2CC2F)cc1)Cc1ccccc1. The van der Waals surface area contributed by atoms with Crippen molar-refractivity contribution in [1.82, 2.24) is 4.90 Å². The van der Waals surface area contributed by atoms with Gasteiger partial charge in [0, 0.05) is 12.5 Å². The molecular formula is C20H24FN. The van der Waals surface area contributed by atoms with Crippen molar-refractivity contribution in [1.29, 1.82) is 0 Å². The van der Waals surface area contributed by atoms with Gasteiger partial charge in [-0.25, -0.2) is 4.39 Å². The molecule has 0 amide bonds. The average molecular weight is 297 g/mol. The summed E-state index contributed by atoms with van der Waals surface area (Å²) < 4.78 is 13.0. The molecule has 2 atom stereocenters. The van der Waals surface area contributed by atoms with Crippen molar-refractivity contribution in [3.05, 3.63) is 71.3 Å². The van der Waals surface area contributed by atoms with Crippen molar-refractivity contribution in [3.63, 3.8) is 0 Å². The molecule has 2 aromatic rings. The highest BCUT2D eigenvalue weighted by atomic mass is 19.1. The Balaban J connectivity index is 1.41. The number of aryl methyl sites for hydroxylation is 1. The smallest absolute Gasteiger partial charge is 0.108 e. The Hall–Kier alpha value is -1.67. The summed E-state index contributed by atoms with van der Waals surface area (Å²) in [6.45, 7) is 2.09. The van der Waals surface area contributed by atoms with Gasteiger partial charge in [-0.3, -0.25) is 0 Å². The maximum absolute atomic E-state index is 13.0. The van der Waals surface area contributed by atoms with Crippen LogP contribution in [0.5, 0.6) is 0 Å². The quantitative estimate of drug-likeness (QED) is 0.723. The van der Waals surface area contributed by atoms with Gasteiger partial charge in [0.15, 0.2) is 0 Å². The standard InChI is InChI=1S/C20H24FN/c1-22(15-17-6-3-2-4-7-17)13-5-8-16-9-11-18(12-10-16)19-14-20(19)21/h2-4,6-7,9-12,19-20H,5,8,13-15H2,1H3. The first-order valence-corrected chi connectivity index (χ1v) is 8.18. The van der Waals surface area contributed by atoms with Crippen LogP contribution in [-0.2, 0) is 13.0 Å². The lowest BCUT2D eigenvalue weighted by Crippen LogP contribution is -2.19. The number of nitrogens with zero attached hydrogens (tertiary/aromatic N) is 1. The van der Waals surface area contributed by atoms with Gasteiger partial charge in [0.1, 0.15) is 6.17 Å². The number of hydrogen-bond donors (Lipinski definition) is 0. The third-order valence-electron chi connectivity index (χ3n) is 4.42. The average Bonchev–Trinajstić information content (AvgIpc) is 3.26. The highest BCUT2D eigenvalue weighted by molar-refractivity contribution is 5.30.